The maximum absolute atomic E-state index is 12.7. The number of fused-ring (bicyclic) bond motifs is 1. The summed E-state index contributed by atoms with van der Waals surface area (Å²) in [7, 11) is -3.77. The second kappa shape index (κ2) is 7.70. The van der Waals surface area contributed by atoms with Crippen LogP contribution >= 0.6 is 11.6 Å². The van der Waals surface area contributed by atoms with E-state index in [1.165, 1.54) is 24.3 Å². The number of nitriles is 1. The molecule has 0 aliphatic carbocycles. The predicted molar refractivity (Wildman–Crippen MR) is 114 cm³/mol. The molecule has 0 saturated heterocycles. The Morgan fingerprint density at radius 1 is 1.03 bits per heavy atom. The number of nitrogens with one attached hydrogen (secondary N) is 1. The van der Waals surface area contributed by atoms with Gasteiger partial charge in [0, 0.05) is 28.4 Å². The lowest BCUT2D eigenvalue weighted by atomic mass is 9.93. The van der Waals surface area contributed by atoms with Crippen molar-refractivity contribution in [3.8, 4) is 6.07 Å². The van der Waals surface area contributed by atoms with Gasteiger partial charge in [0.15, 0.2) is 0 Å². The first-order chi connectivity index (χ1) is 14.0. The zero-order valence-electron chi connectivity index (χ0n) is 15.3. The summed E-state index contributed by atoms with van der Waals surface area (Å²) in [6.07, 6.45) is 0.824. The fourth-order valence-corrected chi connectivity index (χ4v) is 4.52. The first-order valence-corrected chi connectivity index (χ1v) is 10.8. The SMILES string of the molecule is N#Cc1ccc(S(=O)(=O)Nc2cccc(C3=NCCc4cc(Cl)ccc43)c2)cc1. The van der Waals surface area contributed by atoms with E-state index < -0.39 is 10.0 Å². The molecular formula is C22H16ClN3O2S. The van der Waals surface area contributed by atoms with E-state index in [2.05, 4.69) is 9.71 Å². The molecule has 0 unspecified atom stereocenters. The normalized spacial score (nSPS) is 13.2. The minimum absolute atomic E-state index is 0.0943. The first-order valence-electron chi connectivity index (χ1n) is 8.93. The molecule has 0 bridgehead atoms. The molecule has 1 N–H and O–H groups in total. The van der Waals surface area contributed by atoms with Gasteiger partial charge >= 0.3 is 0 Å². The molecule has 3 aromatic carbocycles. The van der Waals surface area contributed by atoms with E-state index in [1.807, 2.05) is 30.3 Å². The van der Waals surface area contributed by atoms with E-state index in [-0.39, 0.29) is 4.90 Å². The van der Waals surface area contributed by atoms with Crippen molar-refractivity contribution in [1.29, 1.82) is 5.26 Å². The van der Waals surface area contributed by atoms with Crippen LogP contribution in [0.5, 0.6) is 0 Å². The fourth-order valence-electron chi connectivity index (χ4n) is 3.27. The Kier molecular flexibility index (Phi) is 5.10. The zero-order valence-corrected chi connectivity index (χ0v) is 16.8. The van der Waals surface area contributed by atoms with Crippen molar-refractivity contribution < 1.29 is 8.42 Å². The quantitative estimate of drug-likeness (QED) is 0.677. The minimum atomic E-state index is -3.77. The van der Waals surface area contributed by atoms with Crippen molar-refractivity contribution in [2.75, 3.05) is 11.3 Å². The van der Waals surface area contributed by atoms with Crippen LogP contribution < -0.4 is 4.72 Å². The molecule has 0 radical (unpaired) electrons. The molecule has 29 heavy (non-hydrogen) atoms. The highest BCUT2D eigenvalue weighted by molar-refractivity contribution is 7.92. The number of benzene rings is 3. The average molecular weight is 422 g/mol. The molecular weight excluding hydrogens is 406 g/mol. The zero-order chi connectivity index (χ0) is 20.4. The van der Waals surface area contributed by atoms with Gasteiger partial charge in [0.25, 0.3) is 10.0 Å². The van der Waals surface area contributed by atoms with Crippen LogP contribution in [0.15, 0.2) is 76.6 Å². The van der Waals surface area contributed by atoms with Crippen LogP contribution in [0.2, 0.25) is 5.02 Å². The second-order valence-corrected chi connectivity index (χ2v) is 8.72. The Labute approximate surface area is 174 Å². The number of halogens is 1. The number of rotatable bonds is 4. The lowest BCUT2D eigenvalue weighted by Crippen LogP contribution is -2.16. The summed E-state index contributed by atoms with van der Waals surface area (Å²) in [5, 5.41) is 9.56. The number of sulfonamides is 1. The van der Waals surface area contributed by atoms with Gasteiger partial charge in [-0.25, -0.2) is 8.42 Å². The van der Waals surface area contributed by atoms with Gasteiger partial charge in [0.1, 0.15) is 0 Å². The molecule has 0 spiro atoms. The van der Waals surface area contributed by atoms with Crippen LogP contribution in [0, 0.1) is 11.3 Å². The van der Waals surface area contributed by atoms with Crippen molar-refractivity contribution in [3.63, 3.8) is 0 Å². The van der Waals surface area contributed by atoms with E-state index in [1.54, 1.807) is 18.2 Å². The van der Waals surface area contributed by atoms with Crippen LogP contribution in [0.4, 0.5) is 5.69 Å². The molecule has 5 nitrogen and oxygen atoms in total. The fraction of sp³-hybridized carbons (Fsp3) is 0.0909. The largest absolute Gasteiger partial charge is 0.284 e. The number of hydrogen-bond donors (Lipinski definition) is 1. The van der Waals surface area contributed by atoms with Gasteiger partial charge in [-0.15, -0.1) is 0 Å². The first kappa shape index (κ1) is 19.2. The molecule has 144 valence electrons. The van der Waals surface area contributed by atoms with Gasteiger partial charge in [-0.3, -0.25) is 9.71 Å². The van der Waals surface area contributed by atoms with Gasteiger partial charge in [0.05, 0.1) is 22.2 Å². The van der Waals surface area contributed by atoms with Gasteiger partial charge in [-0.1, -0.05) is 29.8 Å². The molecule has 0 saturated carbocycles. The van der Waals surface area contributed by atoms with E-state index >= 15 is 0 Å². The van der Waals surface area contributed by atoms with E-state index in [0.29, 0.717) is 22.8 Å². The monoisotopic (exact) mass is 421 g/mol. The summed E-state index contributed by atoms with van der Waals surface area (Å²) >= 11 is 6.11. The maximum Gasteiger partial charge on any atom is 0.261 e. The molecule has 1 aliphatic rings. The third-order valence-corrected chi connectivity index (χ3v) is 6.29. The summed E-state index contributed by atoms with van der Waals surface area (Å²) in [4.78, 5) is 4.75. The lowest BCUT2D eigenvalue weighted by Gasteiger charge is -2.18. The Morgan fingerprint density at radius 3 is 2.59 bits per heavy atom. The van der Waals surface area contributed by atoms with Crippen LogP contribution in [0.3, 0.4) is 0 Å². The van der Waals surface area contributed by atoms with Gasteiger partial charge < -0.3 is 0 Å². The van der Waals surface area contributed by atoms with Crippen LogP contribution in [-0.4, -0.2) is 20.7 Å². The van der Waals surface area contributed by atoms with Crippen molar-refractivity contribution in [1.82, 2.24) is 0 Å². The van der Waals surface area contributed by atoms with Crippen molar-refractivity contribution in [3.05, 3.63) is 94.0 Å². The second-order valence-electron chi connectivity index (χ2n) is 6.60. The molecule has 0 atom stereocenters. The molecule has 0 amide bonds. The Bertz CT molecular complexity index is 1260. The van der Waals surface area contributed by atoms with Crippen LogP contribution in [0.25, 0.3) is 0 Å². The lowest BCUT2D eigenvalue weighted by molar-refractivity contribution is 0.601. The molecule has 3 aromatic rings. The standard InChI is InChI=1S/C22H16ClN3O2S/c23-18-6-9-21-16(12-18)10-11-25-22(21)17-2-1-3-19(13-17)26-29(27,28)20-7-4-15(14-24)5-8-20/h1-9,12-13,26H,10-11H2. The maximum atomic E-state index is 12.7. The minimum Gasteiger partial charge on any atom is -0.284 e. The third-order valence-electron chi connectivity index (χ3n) is 4.66. The summed E-state index contributed by atoms with van der Waals surface area (Å²) < 4.78 is 28.0. The van der Waals surface area contributed by atoms with Gasteiger partial charge in [0.2, 0.25) is 0 Å². The Morgan fingerprint density at radius 2 is 1.83 bits per heavy atom. The molecule has 0 fully saturated rings. The highest BCUT2D eigenvalue weighted by Gasteiger charge is 2.18. The van der Waals surface area contributed by atoms with Crippen molar-refractivity contribution >= 4 is 33.0 Å². The van der Waals surface area contributed by atoms with E-state index in [0.717, 1.165) is 28.8 Å². The molecule has 7 heteroatoms. The average Bonchev–Trinajstić information content (AvgIpc) is 2.73. The Hall–Kier alpha value is -3.14. The summed E-state index contributed by atoms with van der Waals surface area (Å²) in [5.74, 6) is 0. The van der Waals surface area contributed by atoms with Crippen LogP contribution in [-0.2, 0) is 16.4 Å². The van der Waals surface area contributed by atoms with E-state index in [9.17, 15) is 8.42 Å². The summed E-state index contributed by atoms with van der Waals surface area (Å²) in [5.41, 5.74) is 4.63. The number of nitrogens with zero attached hydrogens (tertiary/aromatic N) is 2. The predicted octanol–water partition coefficient (Wildman–Crippen LogP) is 4.41. The summed E-state index contributed by atoms with van der Waals surface area (Å²) in [6, 6.07) is 20.6. The summed E-state index contributed by atoms with van der Waals surface area (Å²) in [6.45, 7) is 0.657. The number of aliphatic imine (C=N–C) groups is 1. The Balaban J connectivity index is 1.65. The number of anilines is 1. The van der Waals surface area contributed by atoms with Gasteiger partial charge in [-0.2, -0.15) is 5.26 Å². The van der Waals surface area contributed by atoms with Gasteiger partial charge in [-0.05, 0) is 60.5 Å². The van der Waals surface area contributed by atoms with Crippen molar-refractivity contribution in [2.24, 2.45) is 4.99 Å². The van der Waals surface area contributed by atoms with E-state index in [4.69, 9.17) is 16.9 Å². The molecule has 4 rings (SSSR count). The third kappa shape index (κ3) is 4.02. The highest BCUT2D eigenvalue weighted by Crippen LogP contribution is 2.25. The molecule has 1 heterocycles. The number of hydrogen-bond acceptors (Lipinski definition) is 4. The molecule has 1 aliphatic heterocycles. The topological polar surface area (TPSA) is 82.3 Å². The van der Waals surface area contributed by atoms with Crippen LogP contribution in [0.1, 0.15) is 22.3 Å². The molecule has 0 aromatic heterocycles. The highest BCUT2D eigenvalue weighted by atomic mass is 35.5. The van der Waals surface area contributed by atoms with Crippen molar-refractivity contribution in [2.45, 2.75) is 11.3 Å². The smallest absolute Gasteiger partial charge is 0.261 e.